The lowest BCUT2D eigenvalue weighted by Gasteiger charge is -2.16. The second-order valence-electron chi connectivity index (χ2n) is 5.90. The summed E-state index contributed by atoms with van der Waals surface area (Å²) in [5.74, 6) is 0.226. The highest BCUT2D eigenvalue weighted by Gasteiger charge is 2.19. The molecule has 6 heteroatoms. The van der Waals surface area contributed by atoms with Crippen molar-refractivity contribution in [3.63, 3.8) is 0 Å². The Morgan fingerprint density at radius 2 is 1.88 bits per heavy atom. The van der Waals surface area contributed by atoms with Gasteiger partial charge in [-0.3, -0.25) is 14.9 Å². The number of likely N-dealkylation sites (tertiary alicyclic amines) is 1. The summed E-state index contributed by atoms with van der Waals surface area (Å²) < 4.78 is 0. The van der Waals surface area contributed by atoms with Crippen LogP contribution in [0.3, 0.4) is 0 Å². The predicted molar refractivity (Wildman–Crippen MR) is 91.5 cm³/mol. The van der Waals surface area contributed by atoms with Crippen LogP contribution < -0.4 is 5.32 Å². The average Bonchev–Trinajstić information content (AvgIpc) is 2.98. The van der Waals surface area contributed by atoms with Crippen LogP contribution in [0.1, 0.15) is 24.0 Å². The number of nitrogens with zero attached hydrogens (tertiary/aromatic N) is 2. The number of nitro benzene ring substituents is 1. The minimum absolute atomic E-state index is 0.0813. The van der Waals surface area contributed by atoms with E-state index in [1.165, 1.54) is 12.1 Å². The minimum Gasteiger partial charge on any atom is -0.381 e. The molecule has 0 aromatic heterocycles. The standard InChI is InChI=1S/C18H19N3O3/c22-18-5-2-10-20(18)13-15-4-1-3-14(11-15)12-19-16-6-8-17(9-7-16)21(23)24/h1,3-4,6-9,11,19H,2,5,10,12-13H2. The van der Waals surface area contributed by atoms with Crippen molar-refractivity contribution in [3.05, 3.63) is 69.8 Å². The van der Waals surface area contributed by atoms with Gasteiger partial charge in [0.2, 0.25) is 5.91 Å². The van der Waals surface area contributed by atoms with Crippen LogP contribution in [0.25, 0.3) is 0 Å². The molecule has 0 bridgehead atoms. The molecule has 124 valence electrons. The number of carbonyl (C=O) groups is 1. The van der Waals surface area contributed by atoms with Gasteiger partial charge in [0.15, 0.2) is 0 Å². The Balaban J connectivity index is 1.60. The molecule has 2 aromatic carbocycles. The van der Waals surface area contributed by atoms with Crippen LogP contribution in [0.2, 0.25) is 0 Å². The molecule has 0 unspecified atom stereocenters. The molecule has 1 aliphatic rings. The summed E-state index contributed by atoms with van der Waals surface area (Å²) in [6.07, 6.45) is 1.60. The number of non-ortho nitro benzene ring substituents is 1. The van der Waals surface area contributed by atoms with E-state index in [1.807, 2.05) is 23.1 Å². The first kappa shape index (κ1) is 16.0. The van der Waals surface area contributed by atoms with Crippen molar-refractivity contribution in [2.24, 2.45) is 0 Å². The monoisotopic (exact) mass is 325 g/mol. The quantitative estimate of drug-likeness (QED) is 0.653. The zero-order valence-electron chi connectivity index (χ0n) is 13.3. The molecule has 1 N–H and O–H groups in total. The second kappa shape index (κ2) is 7.12. The third kappa shape index (κ3) is 3.90. The van der Waals surface area contributed by atoms with Gasteiger partial charge in [0.25, 0.3) is 5.69 Å². The van der Waals surface area contributed by atoms with Crippen LogP contribution in [-0.2, 0) is 17.9 Å². The summed E-state index contributed by atoms with van der Waals surface area (Å²) in [5, 5.41) is 13.9. The number of rotatable bonds is 6. The maximum Gasteiger partial charge on any atom is 0.269 e. The number of nitrogens with one attached hydrogen (secondary N) is 1. The Bertz CT molecular complexity index is 743. The Morgan fingerprint density at radius 1 is 1.12 bits per heavy atom. The van der Waals surface area contributed by atoms with Crippen LogP contribution in [-0.4, -0.2) is 22.3 Å². The van der Waals surface area contributed by atoms with Gasteiger partial charge >= 0.3 is 0 Å². The smallest absolute Gasteiger partial charge is 0.269 e. The van der Waals surface area contributed by atoms with E-state index in [9.17, 15) is 14.9 Å². The van der Waals surface area contributed by atoms with Gasteiger partial charge in [0.1, 0.15) is 0 Å². The molecule has 2 aromatic rings. The summed E-state index contributed by atoms with van der Waals surface area (Å²) in [7, 11) is 0. The molecule has 1 heterocycles. The van der Waals surface area contributed by atoms with Crippen LogP contribution in [0.5, 0.6) is 0 Å². The van der Waals surface area contributed by atoms with Crippen molar-refractivity contribution in [2.45, 2.75) is 25.9 Å². The predicted octanol–water partition coefficient (Wildman–Crippen LogP) is 3.33. The van der Waals surface area contributed by atoms with E-state index < -0.39 is 4.92 Å². The van der Waals surface area contributed by atoms with Crippen LogP contribution in [0.4, 0.5) is 11.4 Å². The molecule has 0 radical (unpaired) electrons. The number of amides is 1. The molecule has 3 rings (SSSR count). The molecule has 1 fully saturated rings. The first-order valence-corrected chi connectivity index (χ1v) is 7.96. The van der Waals surface area contributed by atoms with Crippen molar-refractivity contribution in [3.8, 4) is 0 Å². The average molecular weight is 325 g/mol. The van der Waals surface area contributed by atoms with Gasteiger partial charge in [-0.05, 0) is 29.7 Å². The maximum atomic E-state index is 11.7. The third-order valence-corrected chi connectivity index (χ3v) is 4.11. The van der Waals surface area contributed by atoms with Gasteiger partial charge in [-0.15, -0.1) is 0 Å². The molecule has 6 nitrogen and oxygen atoms in total. The van der Waals surface area contributed by atoms with Crippen molar-refractivity contribution >= 4 is 17.3 Å². The van der Waals surface area contributed by atoms with Gasteiger partial charge in [0, 0.05) is 43.9 Å². The molecule has 1 saturated heterocycles. The lowest BCUT2D eigenvalue weighted by atomic mass is 10.1. The van der Waals surface area contributed by atoms with E-state index in [2.05, 4.69) is 11.4 Å². The van der Waals surface area contributed by atoms with E-state index in [1.54, 1.807) is 12.1 Å². The van der Waals surface area contributed by atoms with E-state index in [4.69, 9.17) is 0 Å². The number of nitro groups is 1. The molecule has 0 spiro atoms. The summed E-state index contributed by atoms with van der Waals surface area (Å²) in [5.41, 5.74) is 3.14. The summed E-state index contributed by atoms with van der Waals surface area (Å²) in [6, 6.07) is 14.5. The molecule has 1 aliphatic heterocycles. The van der Waals surface area contributed by atoms with E-state index in [0.29, 0.717) is 19.5 Å². The van der Waals surface area contributed by atoms with Crippen molar-refractivity contribution in [2.75, 3.05) is 11.9 Å². The Labute approximate surface area is 140 Å². The SMILES string of the molecule is O=C1CCCN1Cc1cccc(CNc2ccc([N+](=O)[O-])cc2)c1. The topological polar surface area (TPSA) is 75.5 Å². The van der Waals surface area contributed by atoms with Gasteiger partial charge < -0.3 is 10.2 Å². The van der Waals surface area contributed by atoms with Gasteiger partial charge in [-0.25, -0.2) is 0 Å². The van der Waals surface area contributed by atoms with Crippen LogP contribution >= 0.6 is 0 Å². The first-order chi connectivity index (χ1) is 11.6. The lowest BCUT2D eigenvalue weighted by molar-refractivity contribution is -0.384. The molecule has 1 amide bonds. The number of anilines is 1. The normalized spacial score (nSPS) is 14.0. The first-order valence-electron chi connectivity index (χ1n) is 7.96. The Kier molecular flexibility index (Phi) is 4.74. The number of carbonyl (C=O) groups excluding carboxylic acids is 1. The fraction of sp³-hybridized carbons (Fsp3) is 0.278. The fourth-order valence-electron chi connectivity index (χ4n) is 2.83. The summed E-state index contributed by atoms with van der Waals surface area (Å²) in [4.78, 5) is 23.8. The van der Waals surface area contributed by atoms with E-state index in [-0.39, 0.29) is 11.6 Å². The largest absolute Gasteiger partial charge is 0.381 e. The summed E-state index contributed by atoms with van der Waals surface area (Å²) in [6.45, 7) is 2.12. The maximum absolute atomic E-state index is 11.7. The summed E-state index contributed by atoms with van der Waals surface area (Å²) >= 11 is 0. The number of hydrogen-bond acceptors (Lipinski definition) is 4. The highest BCUT2D eigenvalue weighted by atomic mass is 16.6. The van der Waals surface area contributed by atoms with Crippen molar-refractivity contribution in [1.82, 2.24) is 4.90 Å². The highest BCUT2D eigenvalue weighted by molar-refractivity contribution is 5.78. The molecule has 0 aliphatic carbocycles. The van der Waals surface area contributed by atoms with Gasteiger partial charge in [-0.1, -0.05) is 24.3 Å². The third-order valence-electron chi connectivity index (χ3n) is 4.11. The minimum atomic E-state index is -0.410. The molecule has 0 saturated carbocycles. The number of hydrogen-bond donors (Lipinski definition) is 1. The van der Waals surface area contributed by atoms with Gasteiger partial charge in [-0.2, -0.15) is 0 Å². The van der Waals surface area contributed by atoms with Crippen molar-refractivity contribution in [1.29, 1.82) is 0 Å². The molecular weight excluding hydrogens is 306 g/mol. The van der Waals surface area contributed by atoms with Crippen molar-refractivity contribution < 1.29 is 9.72 Å². The molecule has 24 heavy (non-hydrogen) atoms. The molecule has 0 atom stereocenters. The van der Waals surface area contributed by atoms with E-state index in [0.717, 1.165) is 29.8 Å². The molecular formula is C18H19N3O3. The van der Waals surface area contributed by atoms with Crippen LogP contribution in [0.15, 0.2) is 48.5 Å². The highest BCUT2D eigenvalue weighted by Crippen LogP contribution is 2.18. The second-order valence-corrected chi connectivity index (χ2v) is 5.90. The Hall–Kier alpha value is -2.89. The zero-order valence-corrected chi connectivity index (χ0v) is 13.3. The number of benzene rings is 2. The zero-order chi connectivity index (χ0) is 16.9. The van der Waals surface area contributed by atoms with Crippen LogP contribution in [0, 0.1) is 10.1 Å². The van der Waals surface area contributed by atoms with Gasteiger partial charge in [0.05, 0.1) is 4.92 Å². The fourth-order valence-corrected chi connectivity index (χ4v) is 2.83. The lowest BCUT2D eigenvalue weighted by Crippen LogP contribution is -2.23. The Morgan fingerprint density at radius 3 is 2.54 bits per heavy atom. The van der Waals surface area contributed by atoms with E-state index >= 15 is 0 Å².